The van der Waals surface area contributed by atoms with Crippen molar-refractivity contribution in [2.24, 2.45) is 0 Å². The predicted octanol–water partition coefficient (Wildman–Crippen LogP) is 1.63. The lowest BCUT2D eigenvalue weighted by Gasteiger charge is -2.12. The highest BCUT2D eigenvalue weighted by Crippen LogP contribution is 2.15. The van der Waals surface area contributed by atoms with Gasteiger partial charge in [0.05, 0.1) is 5.56 Å². The average Bonchev–Trinajstić information content (AvgIpc) is 2.47. The fraction of sp³-hybridized carbons (Fsp3) is 0.125. The lowest BCUT2D eigenvalue weighted by Crippen LogP contribution is -2.40. The predicted molar refractivity (Wildman–Crippen MR) is 77.1 cm³/mol. The number of benzene rings is 2. The Morgan fingerprint density at radius 1 is 1.05 bits per heavy atom. The first kappa shape index (κ1) is 14.7. The summed E-state index contributed by atoms with van der Waals surface area (Å²) in [5.41, 5.74) is 1.28. The Morgan fingerprint density at radius 3 is 2.29 bits per heavy atom. The second-order valence-electron chi connectivity index (χ2n) is 4.62. The van der Waals surface area contributed by atoms with E-state index < -0.39 is 17.9 Å². The van der Waals surface area contributed by atoms with Crippen LogP contribution in [0.3, 0.4) is 0 Å². The third-order valence-corrected chi connectivity index (χ3v) is 3.00. The summed E-state index contributed by atoms with van der Waals surface area (Å²) >= 11 is 0. The molecule has 0 radical (unpaired) electrons. The van der Waals surface area contributed by atoms with E-state index in [2.05, 4.69) is 5.32 Å². The van der Waals surface area contributed by atoms with E-state index in [0.29, 0.717) is 5.56 Å². The molecule has 0 aliphatic rings. The molecule has 5 nitrogen and oxygen atoms in total. The Labute approximate surface area is 121 Å². The second-order valence-corrected chi connectivity index (χ2v) is 4.62. The molecular formula is C16H15NO4. The van der Waals surface area contributed by atoms with Crippen LogP contribution in [-0.4, -0.2) is 28.1 Å². The zero-order valence-corrected chi connectivity index (χ0v) is 11.4. The summed E-state index contributed by atoms with van der Waals surface area (Å²) in [5, 5.41) is 21.5. The highest BCUT2D eigenvalue weighted by molar-refractivity contribution is 6.04. The van der Waals surface area contributed by atoms with Crippen molar-refractivity contribution in [2.75, 3.05) is 0 Å². The molecule has 0 heterocycles. The minimum absolute atomic E-state index is 0.00624. The number of hydrogen-bond donors (Lipinski definition) is 3. The van der Waals surface area contributed by atoms with Gasteiger partial charge in [0.2, 0.25) is 5.78 Å². The fourth-order valence-electron chi connectivity index (χ4n) is 1.81. The molecule has 0 saturated carbocycles. The maximum Gasteiger partial charge on any atom is 0.257 e. The zero-order valence-electron chi connectivity index (χ0n) is 11.4. The summed E-state index contributed by atoms with van der Waals surface area (Å²) in [5.74, 6) is -1.55. The summed E-state index contributed by atoms with van der Waals surface area (Å²) in [6, 6.07) is 12.5. The summed E-state index contributed by atoms with van der Waals surface area (Å²) in [6.07, 6.45) is -1.67. The fourth-order valence-corrected chi connectivity index (χ4v) is 1.81. The smallest absolute Gasteiger partial charge is 0.257 e. The number of aryl methyl sites for hydroxylation is 1. The Kier molecular flexibility index (Phi) is 4.35. The van der Waals surface area contributed by atoms with Crippen LogP contribution < -0.4 is 5.32 Å². The van der Waals surface area contributed by atoms with Crippen LogP contribution >= 0.6 is 0 Å². The number of hydrogen-bond acceptors (Lipinski definition) is 4. The number of aliphatic hydroxyl groups is 1. The van der Waals surface area contributed by atoms with E-state index in [1.165, 1.54) is 12.1 Å². The standard InChI is InChI=1S/C16H15NO4/c1-10-6-8-11(9-7-10)14(19)16(21)17-15(20)12-4-2-3-5-13(12)18/h2-9,16,18,21H,1H3,(H,17,20). The molecule has 1 unspecified atom stereocenters. The Balaban J connectivity index is 2.09. The average molecular weight is 285 g/mol. The third-order valence-electron chi connectivity index (χ3n) is 3.00. The summed E-state index contributed by atoms with van der Waals surface area (Å²) in [6.45, 7) is 1.88. The molecule has 2 aromatic rings. The van der Waals surface area contributed by atoms with Crippen molar-refractivity contribution in [1.82, 2.24) is 5.32 Å². The second kappa shape index (κ2) is 6.19. The van der Waals surface area contributed by atoms with Crippen LogP contribution in [0.15, 0.2) is 48.5 Å². The summed E-state index contributed by atoms with van der Waals surface area (Å²) in [7, 11) is 0. The maximum absolute atomic E-state index is 12.0. The molecule has 21 heavy (non-hydrogen) atoms. The van der Waals surface area contributed by atoms with Gasteiger partial charge in [-0.2, -0.15) is 0 Å². The number of nitrogens with one attached hydrogen (secondary N) is 1. The molecule has 2 aromatic carbocycles. The number of aliphatic hydroxyl groups excluding tert-OH is 1. The summed E-state index contributed by atoms with van der Waals surface area (Å²) < 4.78 is 0. The zero-order chi connectivity index (χ0) is 15.4. The van der Waals surface area contributed by atoms with E-state index in [9.17, 15) is 19.8 Å². The van der Waals surface area contributed by atoms with Crippen LogP contribution in [-0.2, 0) is 0 Å². The number of aromatic hydroxyl groups is 1. The molecule has 0 spiro atoms. The van der Waals surface area contributed by atoms with E-state index in [1.807, 2.05) is 6.92 Å². The number of amides is 1. The van der Waals surface area contributed by atoms with Crippen molar-refractivity contribution < 1.29 is 19.8 Å². The normalized spacial score (nSPS) is 11.7. The van der Waals surface area contributed by atoms with Crippen LogP contribution in [0.4, 0.5) is 0 Å². The maximum atomic E-state index is 12.0. The van der Waals surface area contributed by atoms with E-state index in [-0.39, 0.29) is 11.3 Å². The number of carbonyl (C=O) groups is 2. The molecule has 2 rings (SSSR count). The van der Waals surface area contributed by atoms with Crippen molar-refractivity contribution in [3.63, 3.8) is 0 Å². The van der Waals surface area contributed by atoms with Gasteiger partial charge >= 0.3 is 0 Å². The number of ketones is 1. The Hall–Kier alpha value is -2.66. The summed E-state index contributed by atoms with van der Waals surface area (Å²) in [4.78, 5) is 23.9. The van der Waals surface area contributed by atoms with Crippen molar-refractivity contribution in [3.8, 4) is 5.75 Å². The van der Waals surface area contributed by atoms with Gasteiger partial charge in [-0.05, 0) is 19.1 Å². The molecule has 3 N–H and O–H groups in total. The van der Waals surface area contributed by atoms with Crippen LogP contribution in [0.2, 0.25) is 0 Å². The monoisotopic (exact) mass is 285 g/mol. The SMILES string of the molecule is Cc1ccc(C(=O)C(O)NC(=O)c2ccccc2O)cc1. The molecule has 1 atom stereocenters. The van der Waals surface area contributed by atoms with Crippen LogP contribution in [0.25, 0.3) is 0 Å². The van der Waals surface area contributed by atoms with Crippen LogP contribution in [0.5, 0.6) is 5.75 Å². The van der Waals surface area contributed by atoms with Crippen molar-refractivity contribution in [3.05, 3.63) is 65.2 Å². The first-order valence-electron chi connectivity index (χ1n) is 6.37. The number of para-hydroxylation sites is 1. The Morgan fingerprint density at radius 2 is 1.67 bits per heavy atom. The van der Waals surface area contributed by atoms with Crippen molar-refractivity contribution in [2.45, 2.75) is 13.2 Å². The molecule has 1 amide bonds. The quantitative estimate of drug-likeness (QED) is 0.588. The van der Waals surface area contributed by atoms with E-state index in [0.717, 1.165) is 5.56 Å². The van der Waals surface area contributed by atoms with Gasteiger partial charge in [0.25, 0.3) is 5.91 Å². The molecule has 0 aliphatic heterocycles. The van der Waals surface area contributed by atoms with Gasteiger partial charge in [-0.1, -0.05) is 42.0 Å². The minimum atomic E-state index is -1.67. The lowest BCUT2D eigenvalue weighted by molar-refractivity contribution is 0.0606. The molecule has 0 fully saturated rings. The molecule has 0 saturated heterocycles. The Bertz CT molecular complexity index is 664. The topological polar surface area (TPSA) is 86.6 Å². The van der Waals surface area contributed by atoms with Crippen molar-refractivity contribution >= 4 is 11.7 Å². The molecule has 108 valence electrons. The van der Waals surface area contributed by atoms with Gasteiger partial charge in [0.15, 0.2) is 6.23 Å². The van der Waals surface area contributed by atoms with Gasteiger partial charge in [-0.25, -0.2) is 0 Å². The van der Waals surface area contributed by atoms with Gasteiger partial charge in [0.1, 0.15) is 5.75 Å². The number of rotatable bonds is 4. The number of phenolic OH excluding ortho intramolecular Hbond substituents is 1. The lowest BCUT2D eigenvalue weighted by atomic mass is 10.1. The van der Waals surface area contributed by atoms with Gasteiger partial charge in [0, 0.05) is 5.56 Å². The first-order valence-corrected chi connectivity index (χ1v) is 6.37. The van der Waals surface area contributed by atoms with E-state index >= 15 is 0 Å². The number of phenols is 1. The van der Waals surface area contributed by atoms with Crippen molar-refractivity contribution in [1.29, 1.82) is 0 Å². The van der Waals surface area contributed by atoms with Gasteiger partial charge in [-0.15, -0.1) is 0 Å². The number of carbonyl (C=O) groups excluding carboxylic acids is 2. The minimum Gasteiger partial charge on any atom is -0.507 e. The highest BCUT2D eigenvalue weighted by atomic mass is 16.3. The molecule has 0 bridgehead atoms. The van der Waals surface area contributed by atoms with Crippen LogP contribution in [0.1, 0.15) is 26.3 Å². The third kappa shape index (κ3) is 3.46. The largest absolute Gasteiger partial charge is 0.507 e. The molecule has 0 aromatic heterocycles. The first-order chi connectivity index (χ1) is 9.99. The van der Waals surface area contributed by atoms with Gasteiger partial charge < -0.3 is 15.5 Å². The van der Waals surface area contributed by atoms with Gasteiger partial charge in [-0.3, -0.25) is 9.59 Å². The van der Waals surface area contributed by atoms with Crippen LogP contribution in [0, 0.1) is 6.92 Å². The van der Waals surface area contributed by atoms with E-state index in [1.54, 1.807) is 36.4 Å². The number of Topliss-reactive ketones (excluding diaryl/α,β-unsaturated/α-hetero) is 1. The molecular weight excluding hydrogens is 270 g/mol. The molecule has 5 heteroatoms. The van der Waals surface area contributed by atoms with E-state index in [4.69, 9.17) is 0 Å². The molecule has 0 aliphatic carbocycles. The highest BCUT2D eigenvalue weighted by Gasteiger charge is 2.21.